The van der Waals surface area contributed by atoms with E-state index >= 15 is 0 Å². The highest BCUT2D eigenvalue weighted by atomic mass is 16.7. The van der Waals surface area contributed by atoms with Gasteiger partial charge in [-0.05, 0) is 39.5 Å². The second-order valence-electron chi connectivity index (χ2n) is 5.30. The van der Waals surface area contributed by atoms with Crippen molar-refractivity contribution in [2.45, 2.75) is 51.6 Å². The number of amides is 1. The molecule has 1 saturated carbocycles. The average Bonchev–Trinajstić information content (AvgIpc) is 2.72. The van der Waals surface area contributed by atoms with Crippen LogP contribution in [0.4, 0.5) is 4.79 Å². The van der Waals surface area contributed by atoms with Crippen molar-refractivity contribution in [3.05, 3.63) is 0 Å². The SMILES string of the molecule is CNC(=O)OCOC(C)(C)CCC1CCCC1=O. The number of alkyl carbamates (subject to hydrolysis) is 1. The third kappa shape index (κ3) is 5.04. The largest absolute Gasteiger partial charge is 0.422 e. The van der Waals surface area contributed by atoms with Gasteiger partial charge in [-0.25, -0.2) is 4.79 Å². The molecule has 1 N–H and O–H groups in total. The van der Waals surface area contributed by atoms with Crippen molar-refractivity contribution in [2.75, 3.05) is 13.8 Å². The molecule has 0 aromatic carbocycles. The van der Waals surface area contributed by atoms with Crippen molar-refractivity contribution in [3.63, 3.8) is 0 Å². The van der Waals surface area contributed by atoms with E-state index in [0.717, 1.165) is 32.1 Å². The maximum Gasteiger partial charge on any atom is 0.408 e. The fourth-order valence-electron chi connectivity index (χ4n) is 2.10. The summed E-state index contributed by atoms with van der Waals surface area (Å²) in [5.74, 6) is 0.583. The standard InChI is InChI=1S/C13H23NO4/c1-13(2,18-9-17-12(16)14-3)8-7-10-5-4-6-11(10)15/h10H,4-9H2,1-3H3,(H,14,16). The van der Waals surface area contributed by atoms with Gasteiger partial charge in [-0.15, -0.1) is 0 Å². The lowest BCUT2D eigenvalue weighted by Gasteiger charge is -2.26. The van der Waals surface area contributed by atoms with Gasteiger partial charge in [-0.2, -0.15) is 0 Å². The Morgan fingerprint density at radius 2 is 2.22 bits per heavy atom. The number of Topliss-reactive ketones (excluding diaryl/α,β-unsaturated/α-hetero) is 1. The van der Waals surface area contributed by atoms with Gasteiger partial charge in [0, 0.05) is 19.4 Å². The van der Waals surface area contributed by atoms with Gasteiger partial charge in [-0.1, -0.05) is 0 Å². The molecular formula is C13H23NO4. The van der Waals surface area contributed by atoms with Gasteiger partial charge < -0.3 is 14.8 Å². The Morgan fingerprint density at radius 1 is 1.50 bits per heavy atom. The second kappa shape index (κ2) is 6.73. The van der Waals surface area contributed by atoms with Gasteiger partial charge >= 0.3 is 6.09 Å². The average molecular weight is 257 g/mol. The highest BCUT2D eigenvalue weighted by Crippen LogP contribution is 2.29. The van der Waals surface area contributed by atoms with Crippen LogP contribution in [0.5, 0.6) is 0 Å². The Balaban J connectivity index is 2.22. The fourth-order valence-corrected chi connectivity index (χ4v) is 2.10. The summed E-state index contributed by atoms with van der Waals surface area (Å²) in [6, 6.07) is 0. The van der Waals surface area contributed by atoms with E-state index in [9.17, 15) is 9.59 Å². The molecule has 0 saturated heterocycles. The maximum absolute atomic E-state index is 11.5. The van der Waals surface area contributed by atoms with E-state index in [2.05, 4.69) is 5.32 Å². The van der Waals surface area contributed by atoms with Crippen molar-refractivity contribution < 1.29 is 19.1 Å². The third-order valence-corrected chi connectivity index (χ3v) is 3.37. The Bertz CT molecular complexity index is 301. The van der Waals surface area contributed by atoms with Gasteiger partial charge in [0.1, 0.15) is 5.78 Å². The minimum Gasteiger partial charge on any atom is -0.422 e. The lowest BCUT2D eigenvalue weighted by Crippen LogP contribution is -2.29. The zero-order valence-corrected chi connectivity index (χ0v) is 11.5. The van der Waals surface area contributed by atoms with Crippen LogP contribution in [0.25, 0.3) is 0 Å². The van der Waals surface area contributed by atoms with Gasteiger partial charge in [0.15, 0.2) is 6.79 Å². The summed E-state index contributed by atoms with van der Waals surface area (Å²) in [7, 11) is 1.50. The van der Waals surface area contributed by atoms with Crippen molar-refractivity contribution in [3.8, 4) is 0 Å². The molecule has 0 aromatic rings. The number of ketones is 1. The van der Waals surface area contributed by atoms with Crippen LogP contribution in [0.15, 0.2) is 0 Å². The van der Waals surface area contributed by atoms with Crippen molar-refractivity contribution in [1.29, 1.82) is 0 Å². The molecule has 0 bridgehead atoms. The summed E-state index contributed by atoms with van der Waals surface area (Å²) in [5.41, 5.74) is -0.378. The summed E-state index contributed by atoms with van der Waals surface area (Å²) in [6.07, 6.45) is 3.89. The van der Waals surface area contributed by atoms with E-state index in [1.54, 1.807) is 0 Å². The lowest BCUT2D eigenvalue weighted by atomic mass is 9.93. The van der Waals surface area contributed by atoms with Gasteiger partial charge in [0.25, 0.3) is 0 Å². The molecular weight excluding hydrogens is 234 g/mol. The van der Waals surface area contributed by atoms with E-state index in [-0.39, 0.29) is 18.3 Å². The molecule has 0 radical (unpaired) electrons. The molecule has 0 aromatic heterocycles. The summed E-state index contributed by atoms with van der Waals surface area (Å²) >= 11 is 0. The molecule has 0 spiro atoms. The van der Waals surface area contributed by atoms with E-state index in [4.69, 9.17) is 9.47 Å². The zero-order valence-electron chi connectivity index (χ0n) is 11.5. The molecule has 1 rings (SSSR count). The highest BCUT2D eigenvalue weighted by molar-refractivity contribution is 5.82. The molecule has 5 nitrogen and oxygen atoms in total. The number of rotatable bonds is 6. The van der Waals surface area contributed by atoms with Gasteiger partial charge in [0.2, 0.25) is 0 Å². The highest BCUT2D eigenvalue weighted by Gasteiger charge is 2.27. The monoisotopic (exact) mass is 257 g/mol. The minimum absolute atomic E-state index is 0.0642. The molecule has 18 heavy (non-hydrogen) atoms. The predicted octanol–water partition coefficient (Wildman–Crippen LogP) is 2.24. The quantitative estimate of drug-likeness (QED) is 0.741. The summed E-state index contributed by atoms with van der Waals surface area (Å²) < 4.78 is 10.3. The second-order valence-corrected chi connectivity index (χ2v) is 5.30. The summed E-state index contributed by atoms with van der Waals surface area (Å²) in [6.45, 7) is 3.82. The molecule has 1 aliphatic carbocycles. The molecule has 0 heterocycles. The maximum atomic E-state index is 11.5. The number of carbonyl (C=O) groups is 2. The summed E-state index contributed by atoms with van der Waals surface area (Å²) in [4.78, 5) is 22.4. The van der Waals surface area contributed by atoms with Crippen LogP contribution in [-0.2, 0) is 14.3 Å². The number of hydrogen-bond donors (Lipinski definition) is 1. The van der Waals surface area contributed by atoms with Crippen LogP contribution in [0.1, 0.15) is 46.0 Å². The van der Waals surface area contributed by atoms with E-state index in [0.29, 0.717) is 5.78 Å². The van der Waals surface area contributed by atoms with Crippen LogP contribution < -0.4 is 5.32 Å². The number of hydrogen-bond acceptors (Lipinski definition) is 4. The Hall–Kier alpha value is -1.10. The molecule has 104 valence electrons. The first kappa shape index (κ1) is 15.0. The fraction of sp³-hybridized carbons (Fsp3) is 0.846. The molecule has 1 amide bonds. The molecule has 1 fully saturated rings. The molecule has 0 aliphatic heterocycles. The lowest BCUT2D eigenvalue weighted by molar-refractivity contribution is -0.122. The van der Waals surface area contributed by atoms with Crippen LogP contribution in [0.3, 0.4) is 0 Å². The summed E-state index contributed by atoms with van der Waals surface area (Å²) in [5, 5.41) is 2.35. The topological polar surface area (TPSA) is 64.6 Å². The van der Waals surface area contributed by atoms with E-state index in [1.807, 2.05) is 13.8 Å². The first-order valence-electron chi connectivity index (χ1n) is 6.46. The Kier molecular flexibility index (Phi) is 5.59. The molecule has 1 aliphatic rings. The van der Waals surface area contributed by atoms with Crippen molar-refractivity contribution in [1.82, 2.24) is 5.32 Å². The molecule has 5 heteroatoms. The van der Waals surface area contributed by atoms with Crippen LogP contribution in [0, 0.1) is 5.92 Å². The van der Waals surface area contributed by atoms with Gasteiger partial charge in [0.05, 0.1) is 5.60 Å². The number of ether oxygens (including phenoxy) is 2. The normalized spacial score (nSPS) is 19.9. The molecule has 1 atom stereocenters. The van der Waals surface area contributed by atoms with E-state index in [1.165, 1.54) is 7.05 Å². The van der Waals surface area contributed by atoms with Crippen molar-refractivity contribution in [2.24, 2.45) is 5.92 Å². The smallest absolute Gasteiger partial charge is 0.408 e. The van der Waals surface area contributed by atoms with Crippen LogP contribution in [0.2, 0.25) is 0 Å². The first-order valence-corrected chi connectivity index (χ1v) is 6.46. The van der Waals surface area contributed by atoms with Crippen LogP contribution >= 0.6 is 0 Å². The van der Waals surface area contributed by atoms with Gasteiger partial charge in [-0.3, -0.25) is 4.79 Å². The van der Waals surface area contributed by atoms with Crippen LogP contribution in [-0.4, -0.2) is 31.3 Å². The zero-order chi connectivity index (χ0) is 13.6. The number of carbonyl (C=O) groups excluding carboxylic acids is 2. The predicted molar refractivity (Wildman–Crippen MR) is 67.2 cm³/mol. The minimum atomic E-state index is -0.503. The first-order chi connectivity index (χ1) is 8.44. The third-order valence-electron chi connectivity index (χ3n) is 3.37. The Labute approximate surface area is 108 Å². The number of nitrogens with one attached hydrogen (secondary N) is 1. The Morgan fingerprint density at radius 3 is 2.78 bits per heavy atom. The molecule has 1 unspecified atom stereocenters. The van der Waals surface area contributed by atoms with Crippen molar-refractivity contribution >= 4 is 11.9 Å². The van der Waals surface area contributed by atoms with E-state index < -0.39 is 6.09 Å².